The maximum absolute atomic E-state index is 12.8. The second-order valence-electron chi connectivity index (χ2n) is 20.7. The van der Waals surface area contributed by atoms with Crippen molar-refractivity contribution in [2.75, 3.05) is 54.1 Å². The third-order valence-electron chi connectivity index (χ3n) is 12.8. The van der Waals surface area contributed by atoms with Crippen LogP contribution in [0.5, 0.6) is 0 Å². The van der Waals surface area contributed by atoms with Gasteiger partial charge in [0.25, 0.3) is 7.82 Å². The predicted octanol–water partition coefficient (Wildman–Crippen LogP) is 17.3. The van der Waals surface area contributed by atoms with Crippen LogP contribution >= 0.6 is 7.82 Å². The number of likely N-dealkylation sites (N-methyl/N-ethyl adjacent to an activating group) is 1. The molecule has 0 spiro atoms. The smallest absolute Gasteiger partial charge is 0.306 e. The van der Waals surface area contributed by atoms with Gasteiger partial charge in [-0.25, -0.2) is 0 Å². The molecule has 0 N–H and O–H groups in total. The summed E-state index contributed by atoms with van der Waals surface area (Å²) in [4.78, 5) is 25.2. The van der Waals surface area contributed by atoms with Gasteiger partial charge in [0.05, 0.1) is 34.4 Å². The minimum absolute atomic E-state index is 0.0287. The number of carbonyl (C=O) groups is 1. The summed E-state index contributed by atoms with van der Waals surface area (Å²) < 4.78 is 34.9. The van der Waals surface area contributed by atoms with Crippen LogP contribution in [0.1, 0.15) is 277 Å². The Balaban J connectivity index is 4.04. The van der Waals surface area contributed by atoms with Crippen LogP contribution in [0.2, 0.25) is 0 Å². The predicted molar refractivity (Wildman–Crippen MR) is 282 cm³/mol. The molecule has 9 heteroatoms. The topological polar surface area (TPSA) is 94.1 Å². The Morgan fingerprint density at radius 3 is 1.23 bits per heavy atom. The molecular weight excluding hydrogens is 842 g/mol. The van der Waals surface area contributed by atoms with E-state index in [4.69, 9.17) is 18.5 Å². The maximum atomic E-state index is 12.8. The van der Waals surface area contributed by atoms with Crippen molar-refractivity contribution in [2.45, 2.75) is 283 Å². The standard InChI is InChI=1S/C57H112NO7P/c1-6-8-10-12-14-16-18-20-22-24-26-28-29-30-31-33-35-37-39-41-43-45-47-49-52-62-54-56(55-64-66(60,61)63-53-51-58(3,4)5)65-57(59)50-48-46-44-42-40-38-36-34-32-27-25-23-21-19-17-15-13-11-9-7-2/h18,20,24,26,56H,6-17,19,21-23,25,27-55H2,1-5H3/b20-18-,26-24-. The Kier molecular flexibility index (Phi) is 49.6. The van der Waals surface area contributed by atoms with Crippen molar-refractivity contribution >= 4 is 13.8 Å². The summed E-state index contributed by atoms with van der Waals surface area (Å²) in [6.45, 7) is 5.47. The molecular formula is C57H112NO7P. The molecule has 0 aliphatic carbocycles. The van der Waals surface area contributed by atoms with E-state index in [1.165, 1.54) is 218 Å². The first-order chi connectivity index (χ1) is 32.1. The fraction of sp³-hybridized carbons (Fsp3) is 0.912. The Morgan fingerprint density at radius 1 is 0.470 bits per heavy atom. The van der Waals surface area contributed by atoms with Crippen molar-refractivity contribution in [3.63, 3.8) is 0 Å². The highest BCUT2D eigenvalue weighted by Crippen LogP contribution is 2.38. The van der Waals surface area contributed by atoms with Crippen LogP contribution < -0.4 is 4.89 Å². The van der Waals surface area contributed by atoms with Crippen molar-refractivity contribution in [3.05, 3.63) is 24.3 Å². The van der Waals surface area contributed by atoms with Crippen molar-refractivity contribution in [3.8, 4) is 0 Å². The van der Waals surface area contributed by atoms with Crippen LogP contribution in [-0.2, 0) is 27.9 Å². The lowest BCUT2D eigenvalue weighted by atomic mass is 10.0. The largest absolute Gasteiger partial charge is 0.756 e. The van der Waals surface area contributed by atoms with Crippen LogP contribution in [0.25, 0.3) is 0 Å². The highest BCUT2D eigenvalue weighted by atomic mass is 31.2. The number of nitrogens with zero attached hydrogens (tertiary/aromatic N) is 1. The molecule has 2 unspecified atom stereocenters. The van der Waals surface area contributed by atoms with Crippen molar-refractivity contribution < 1.29 is 37.3 Å². The van der Waals surface area contributed by atoms with Crippen LogP contribution in [-0.4, -0.2) is 70.7 Å². The number of unbranched alkanes of at least 4 members (excludes halogenated alkanes) is 36. The van der Waals surface area contributed by atoms with Gasteiger partial charge in [-0.2, -0.15) is 0 Å². The Labute approximate surface area is 411 Å². The number of hydrogen-bond acceptors (Lipinski definition) is 7. The summed E-state index contributed by atoms with van der Waals surface area (Å²) >= 11 is 0. The van der Waals surface area contributed by atoms with Gasteiger partial charge in [-0.3, -0.25) is 9.36 Å². The summed E-state index contributed by atoms with van der Waals surface area (Å²) in [7, 11) is 1.37. The van der Waals surface area contributed by atoms with Gasteiger partial charge in [0.15, 0.2) is 0 Å². The van der Waals surface area contributed by atoms with Crippen molar-refractivity contribution in [1.82, 2.24) is 0 Å². The van der Waals surface area contributed by atoms with Gasteiger partial charge >= 0.3 is 5.97 Å². The second kappa shape index (κ2) is 50.4. The zero-order chi connectivity index (χ0) is 48.3. The van der Waals surface area contributed by atoms with E-state index in [2.05, 4.69) is 38.2 Å². The van der Waals surface area contributed by atoms with Gasteiger partial charge in [0, 0.05) is 13.0 Å². The SMILES string of the molecule is CCCCCCC/C=C\C/C=C\CCCCCCCCCCCCCCOCC(COP(=O)([O-])OCC[N+](C)(C)C)OC(=O)CCCCCCCCCCCCCCCCCCCCCC. The first-order valence-corrected chi connectivity index (χ1v) is 30.0. The molecule has 66 heavy (non-hydrogen) atoms. The van der Waals surface area contributed by atoms with Crippen molar-refractivity contribution in [1.29, 1.82) is 0 Å². The summed E-state index contributed by atoms with van der Waals surface area (Å²) in [5.41, 5.74) is 0. The zero-order valence-corrected chi connectivity index (χ0v) is 45.6. The Bertz CT molecular complexity index is 1110. The molecule has 0 aromatic rings. The Hall–Kier alpha value is -1.02. The quantitative estimate of drug-likeness (QED) is 0.0197. The lowest BCUT2D eigenvalue weighted by Gasteiger charge is -2.28. The summed E-state index contributed by atoms with van der Waals surface area (Å²) in [5.74, 6) is -0.327. The molecule has 0 rings (SSSR count). The number of quaternary nitrogens is 1. The van der Waals surface area contributed by atoms with Crippen LogP contribution in [0.3, 0.4) is 0 Å². The van der Waals surface area contributed by atoms with Crippen LogP contribution in [0, 0.1) is 0 Å². The second-order valence-corrected chi connectivity index (χ2v) is 22.1. The van der Waals surface area contributed by atoms with E-state index < -0.39 is 13.9 Å². The molecule has 0 bridgehead atoms. The molecule has 0 heterocycles. The third kappa shape index (κ3) is 53.9. The number of hydrogen-bond donors (Lipinski definition) is 0. The number of esters is 1. The molecule has 0 aliphatic rings. The highest BCUT2D eigenvalue weighted by molar-refractivity contribution is 7.45. The molecule has 0 radical (unpaired) electrons. The molecule has 0 amide bonds. The van der Waals surface area contributed by atoms with Gasteiger partial charge in [0.1, 0.15) is 19.3 Å². The van der Waals surface area contributed by atoms with Crippen LogP contribution in [0.4, 0.5) is 0 Å². The minimum Gasteiger partial charge on any atom is -0.756 e. The molecule has 0 saturated carbocycles. The third-order valence-corrected chi connectivity index (χ3v) is 13.7. The molecule has 2 atom stereocenters. The van der Waals surface area contributed by atoms with E-state index >= 15 is 0 Å². The molecule has 0 aromatic heterocycles. The van der Waals surface area contributed by atoms with E-state index in [9.17, 15) is 14.3 Å². The molecule has 0 aromatic carbocycles. The average molecular weight is 954 g/mol. The van der Waals surface area contributed by atoms with Gasteiger partial charge in [-0.15, -0.1) is 0 Å². The number of phosphoric ester groups is 1. The minimum atomic E-state index is -4.53. The van der Waals surface area contributed by atoms with E-state index in [1.807, 2.05) is 21.1 Å². The van der Waals surface area contributed by atoms with E-state index in [1.54, 1.807) is 0 Å². The lowest BCUT2D eigenvalue weighted by Crippen LogP contribution is -2.37. The number of ether oxygens (including phenoxy) is 2. The summed E-state index contributed by atoms with van der Waals surface area (Å²) in [5, 5.41) is 0. The van der Waals surface area contributed by atoms with E-state index in [-0.39, 0.29) is 25.8 Å². The van der Waals surface area contributed by atoms with Gasteiger partial charge < -0.3 is 27.9 Å². The first kappa shape index (κ1) is 65.0. The first-order valence-electron chi connectivity index (χ1n) is 28.6. The van der Waals surface area contributed by atoms with Gasteiger partial charge in [-0.1, -0.05) is 250 Å². The monoisotopic (exact) mass is 954 g/mol. The normalized spacial score (nSPS) is 13.6. The van der Waals surface area contributed by atoms with Crippen LogP contribution in [0.15, 0.2) is 24.3 Å². The maximum Gasteiger partial charge on any atom is 0.306 e. The number of carbonyl (C=O) groups excluding carboxylic acids is 1. The summed E-state index contributed by atoms with van der Waals surface area (Å²) in [6, 6.07) is 0. The molecule has 8 nitrogen and oxygen atoms in total. The molecule has 0 aliphatic heterocycles. The zero-order valence-electron chi connectivity index (χ0n) is 44.7. The fourth-order valence-electron chi connectivity index (χ4n) is 8.35. The Morgan fingerprint density at radius 2 is 0.833 bits per heavy atom. The fourth-order valence-corrected chi connectivity index (χ4v) is 9.07. The number of phosphoric acid groups is 1. The average Bonchev–Trinajstić information content (AvgIpc) is 3.28. The molecule has 0 saturated heterocycles. The number of allylic oxidation sites excluding steroid dienone is 4. The lowest BCUT2D eigenvalue weighted by molar-refractivity contribution is -0.870. The van der Waals surface area contributed by atoms with Gasteiger partial charge in [-0.05, 0) is 44.9 Å². The highest BCUT2D eigenvalue weighted by Gasteiger charge is 2.20. The van der Waals surface area contributed by atoms with E-state index in [0.717, 1.165) is 38.5 Å². The molecule has 0 fully saturated rings. The molecule has 392 valence electrons. The van der Waals surface area contributed by atoms with Crippen molar-refractivity contribution in [2.24, 2.45) is 0 Å². The van der Waals surface area contributed by atoms with E-state index in [0.29, 0.717) is 24.1 Å². The summed E-state index contributed by atoms with van der Waals surface area (Å²) in [6.07, 6.45) is 60.7. The number of rotatable bonds is 54. The van der Waals surface area contributed by atoms with Gasteiger partial charge in [0.2, 0.25) is 0 Å².